The zero-order valence-corrected chi connectivity index (χ0v) is 14.3. The van der Waals surface area contributed by atoms with Crippen molar-refractivity contribution in [3.05, 3.63) is 24.0 Å². The van der Waals surface area contributed by atoms with Crippen molar-refractivity contribution in [3.8, 4) is 0 Å². The number of nitrogens with one attached hydrogen (secondary N) is 1. The van der Waals surface area contributed by atoms with Crippen LogP contribution in [0.4, 0.5) is 15.8 Å². The number of primary amides is 1. The number of halogens is 1. The number of benzene rings is 1. The number of carbonyl (C=O) groups is 2. The Bertz CT molecular complexity index is 646. The number of nitrogens with zero attached hydrogens (tertiary/aromatic N) is 2. The minimum atomic E-state index is -0.365. The van der Waals surface area contributed by atoms with Crippen LogP contribution in [0, 0.1) is 11.7 Å². The van der Waals surface area contributed by atoms with Crippen molar-refractivity contribution in [1.29, 1.82) is 0 Å². The van der Waals surface area contributed by atoms with E-state index in [9.17, 15) is 14.0 Å². The van der Waals surface area contributed by atoms with E-state index in [0.717, 1.165) is 44.5 Å². The summed E-state index contributed by atoms with van der Waals surface area (Å²) in [6.45, 7) is 2.77. The summed E-state index contributed by atoms with van der Waals surface area (Å²) in [5.74, 6) is -1.14. The minimum absolute atomic E-state index is 0.00720. The molecule has 0 aromatic heterocycles. The predicted molar refractivity (Wildman–Crippen MR) is 94.8 cm³/mol. The molecule has 0 radical (unpaired) electrons. The summed E-state index contributed by atoms with van der Waals surface area (Å²) in [5, 5.41) is 2.98. The van der Waals surface area contributed by atoms with Crippen LogP contribution in [0.25, 0.3) is 0 Å². The van der Waals surface area contributed by atoms with Crippen molar-refractivity contribution in [2.75, 3.05) is 42.9 Å². The molecule has 3 rings (SSSR count). The van der Waals surface area contributed by atoms with Crippen LogP contribution in [0.5, 0.6) is 0 Å². The fourth-order valence-electron chi connectivity index (χ4n) is 3.62. The molecule has 0 saturated carbocycles. The predicted octanol–water partition coefficient (Wildman–Crippen LogP) is 1.56. The number of likely N-dealkylation sites (tertiary alicyclic amines) is 1. The number of nitrogens with two attached hydrogens (primary N) is 1. The van der Waals surface area contributed by atoms with E-state index >= 15 is 0 Å². The first kappa shape index (κ1) is 17.5. The highest BCUT2D eigenvalue weighted by molar-refractivity contribution is 5.84. The number of rotatable bonds is 5. The molecule has 2 aliphatic heterocycles. The average Bonchev–Trinajstić information content (AvgIpc) is 3.14. The van der Waals surface area contributed by atoms with Crippen molar-refractivity contribution in [1.82, 2.24) is 4.90 Å². The van der Waals surface area contributed by atoms with Gasteiger partial charge < -0.3 is 20.9 Å². The first-order chi connectivity index (χ1) is 12.1. The highest BCUT2D eigenvalue weighted by atomic mass is 19.1. The Labute approximate surface area is 147 Å². The maximum atomic E-state index is 14.3. The summed E-state index contributed by atoms with van der Waals surface area (Å²) < 4.78 is 14.3. The van der Waals surface area contributed by atoms with Gasteiger partial charge in [-0.1, -0.05) is 6.07 Å². The van der Waals surface area contributed by atoms with E-state index in [1.807, 2.05) is 6.07 Å². The van der Waals surface area contributed by atoms with Crippen LogP contribution in [0.3, 0.4) is 0 Å². The first-order valence-electron chi connectivity index (χ1n) is 8.90. The van der Waals surface area contributed by atoms with Gasteiger partial charge in [0.15, 0.2) is 0 Å². The van der Waals surface area contributed by atoms with Crippen LogP contribution >= 0.6 is 0 Å². The summed E-state index contributed by atoms with van der Waals surface area (Å²) in [7, 11) is 0. The zero-order valence-electron chi connectivity index (χ0n) is 14.3. The fraction of sp³-hybridized carbons (Fsp3) is 0.556. The summed E-state index contributed by atoms with van der Waals surface area (Å²) in [4.78, 5) is 27.6. The summed E-state index contributed by atoms with van der Waals surface area (Å²) in [5.41, 5.74) is 6.54. The molecule has 0 aliphatic carbocycles. The molecule has 2 saturated heterocycles. The Morgan fingerprint density at radius 2 is 1.96 bits per heavy atom. The minimum Gasteiger partial charge on any atom is -0.372 e. The van der Waals surface area contributed by atoms with Gasteiger partial charge in [-0.25, -0.2) is 4.39 Å². The monoisotopic (exact) mass is 348 g/mol. The van der Waals surface area contributed by atoms with E-state index < -0.39 is 0 Å². The van der Waals surface area contributed by atoms with Gasteiger partial charge >= 0.3 is 0 Å². The Morgan fingerprint density at radius 3 is 2.68 bits per heavy atom. The van der Waals surface area contributed by atoms with Crippen molar-refractivity contribution in [2.24, 2.45) is 11.7 Å². The zero-order chi connectivity index (χ0) is 17.8. The van der Waals surface area contributed by atoms with Gasteiger partial charge in [-0.15, -0.1) is 0 Å². The van der Waals surface area contributed by atoms with Gasteiger partial charge in [0.05, 0.1) is 23.8 Å². The Balaban J connectivity index is 1.65. The third kappa shape index (κ3) is 4.03. The molecule has 2 heterocycles. The van der Waals surface area contributed by atoms with E-state index in [2.05, 4.69) is 10.2 Å². The van der Waals surface area contributed by atoms with Gasteiger partial charge in [-0.05, 0) is 37.8 Å². The number of piperidine rings is 1. The van der Waals surface area contributed by atoms with Gasteiger partial charge in [0.25, 0.3) is 0 Å². The van der Waals surface area contributed by atoms with E-state index in [0.29, 0.717) is 18.8 Å². The van der Waals surface area contributed by atoms with Crippen molar-refractivity contribution >= 4 is 23.2 Å². The molecule has 0 bridgehead atoms. The third-order valence-corrected chi connectivity index (χ3v) is 5.03. The average molecular weight is 348 g/mol. The Hall–Kier alpha value is -2.31. The molecule has 2 amide bonds. The largest absolute Gasteiger partial charge is 0.372 e. The Morgan fingerprint density at radius 1 is 1.20 bits per heavy atom. The van der Waals surface area contributed by atoms with Crippen molar-refractivity contribution in [2.45, 2.75) is 25.7 Å². The van der Waals surface area contributed by atoms with Gasteiger partial charge in [0.1, 0.15) is 5.82 Å². The van der Waals surface area contributed by atoms with Crippen molar-refractivity contribution in [3.63, 3.8) is 0 Å². The molecule has 0 unspecified atom stereocenters. The normalized spacial score (nSPS) is 20.6. The lowest BCUT2D eigenvalue weighted by Crippen LogP contribution is -2.46. The Kier molecular flexibility index (Phi) is 5.40. The van der Waals surface area contributed by atoms with E-state index in [1.165, 1.54) is 6.07 Å². The molecule has 25 heavy (non-hydrogen) atoms. The number of amides is 2. The van der Waals surface area contributed by atoms with Gasteiger partial charge in [-0.3, -0.25) is 9.59 Å². The van der Waals surface area contributed by atoms with Crippen LogP contribution in [0.15, 0.2) is 18.2 Å². The highest BCUT2D eigenvalue weighted by Gasteiger charge is 2.27. The quantitative estimate of drug-likeness (QED) is 0.846. The second kappa shape index (κ2) is 7.72. The number of anilines is 2. The second-order valence-corrected chi connectivity index (χ2v) is 6.76. The molecular weight excluding hydrogens is 323 g/mol. The van der Waals surface area contributed by atoms with Gasteiger partial charge in [0, 0.05) is 26.2 Å². The lowest BCUT2D eigenvalue weighted by molar-refractivity contribution is -0.133. The topological polar surface area (TPSA) is 78.7 Å². The molecular formula is C18H25FN4O2. The maximum absolute atomic E-state index is 14.3. The summed E-state index contributed by atoms with van der Waals surface area (Å²) in [6, 6.07) is 4.97. The molecule has 136 valence electrons. The molecule has 7 heteroatoms. The molecule has 2 aliphatic rings. The lowest BCUT2D eigenvalue weighted by Gasteiger charge is -2.31. The number of hydrogen-bond donors (Lipinski definition) is 2. The van der Waals surface area contributed by atoms with Gasteiger partial charge in [-0.2, -0.15) is 0 Å². The smallest absolute Gasteiger partial charge is 0.241 e. The maximum Gasteiger partial charge on any atom is 0.241 e. The summed E-state index contributed by atoms with van der Waals surface area (Å²) in [6.07, 6.45) is 3.67. The van der Waals surface area contributed by atoms with Crippen LogP contribution in [-0.4, -0.2) is 49.4 Å². The first-order valence-corrected chi connectivity index (χ1v) is 8.90. The number of hydrogen-bond acceptors (Lipinski definition) is 4. The van der Waals surface area contributed by atoms with Crippen molar-refractivity contribution < 1.29 is 14.0 Å². The molecule has 3 N–H and O–H groups in total. The number of para-hydroxylation sites is 1. The summed E-state index contributed by atoms with van der Waals surface area (Å²) >= 11 is 0. The molecule has 1 aromatic rings. The second-order valence-electron chi connectivity index (χ2n) is 6.76. The van der Waals surface area contributed by atoms with E-state index in [4.69, 9.17) is 5.73 Å². The molecule has 0 spiro atoms. The lowest BCUT2D eigenvalue weighted by atomic mass is 9.97. The molecule has 2 fully saturated rings. The third-order valence-electron chi connectivity index (χ3n) is 5.03. The van der Waals surface area contributed by atoms with E-state index in [1.54, 1.807) is 11.0 Å². The SMILES string of the molecule is NC(=O)[C@@H]1CCCN(C(=O)CNc2c(F)cccc2N2CCCC2)C1. The van der Waals surface area contributed by atoms with Crippen LogP contribution < -0.4 is 16.0 Å². The van der Waals surface area contributed by atoms with Crippen LogP contribution in [0.2, 0.25) is 0 Å². The molecule has 1 atom stereocenters. The molecule has 6 nitrogen and oxygen atoms in total. The van der Waals surface area contributed by atoms with Crippen LogP contribution in [-0.2, 0) is 9.59 Å². The molecule has 1 aromatic carbocycles. The fourth-order valence-corrected chi connectivity index (χ4v) is 3.62. The van der Waals surface area contributed by atoms with Gasteiger partial charge in [0.2, 0.25) is 11.8 Å². The van der Waals surface area contributed by atoms with Crippen LogP contribution in [0.1, 0.15) is 25.7 Å². The number of carbonyl (C=O) groups excluding carboxylic acids is 2. The van der Waals surface area contributed by atoms with E-state index in [-0.39, 0.29) is 30.1 Å². The highest BCUT2D eigenvalue weighted by Crippen LogP contribution is 2.31. The standard InChI is InChI=1S/C18H25FN4O2/c19-14-6-3-7-15(22-8-1-2-9-22)17(14)21-11-16(24)23-10-4-5-13(12-23)18(20)25/h3,6-7,13,21H,1-2,4-5,8-12H2,(H2,20,25)/t13-/m1/s1.